The number of carbonyl (C=O) groups excluding carboxylic acids is 1. The molecule has 1 rings (SSSR count). The fraction of sp³-hybridized carbons (Fsp3) is 0.857. The molecule has 4 nitrogen and oxygen atoms in total. The standard InChI is InChI=1S/C7H13NO3S/c1-2-11-6(9)3-7(8)4-12(10)5-7/h2-5,8H2,1H3. The van der Waals surface area contributed by atoms with Gasteiger partial charge in [-0.25, -0.2) is 0 Å². The van der Waals surface area contributed by atoms with Crippen molar-refractivity contribution in [3.8, 4) is 0 Å². The maximum absolute atomic E-state index is 11.0. The highest BCUT2D eigenvalue weighted by Gasteiger charge is 2.41. The van der Waals surface area contributed by atoms with E-state index >= 15 is 0 Å². The first kappa shape index (κ1) is 9.67. The molecule has 0 saturated carbocycles. The van der Waals surface area contributed by atoms with E-state index in [0.29, 0.717) is 18.1 Å². The van der Waals surface area contributed by atoms with E-state index in [4.69, 9.17) is 10.5 Å². The van der Waals surface area contributed by atoms with E-state index in [0.717, 1.165) is 0 Å². The first-order chi connectivity index (χ1) is 5.56. The van der Waals surface area contributed by atoms with Crippen LogP contribution in [0.3, 0.4) is 0 Å². The second kappa shape index (κ2) is 3.53. The molecule has 0 aromatic rings. The fourth-order valence-electron chi connectivity index (χ4n) is 1.20. The van der Waals surface area contributed by atoms with Crippen LogP contribution >= 0.6 is 0 Å². The minimum Gasteiger partial charge on any atom is -0.466 e. The molecular formula is C7H13NO3S. The molecule has 12 heavy (non-hydrogen) atoms. The van der Waals surface area contributed by atoms with Crippen molar-refractivity contribution >= 4 is 16.8 Å². The third-order valence-electron chi connectivity index (χ3n) is 1.70. The highest BCUT2D eigenvalue weighted by molar-refractivity contribution is 7.86. The van der Waals surface area contributed by atoms with E-state index in [-0.39, 0.29) is 12.4 Å². The molecule has 5 heteroatoms. The van der Waals surface area contributed by atoms with E-state index in [1.165, 1.54) is 0 Å². The van der Waals surface area contributed by atoms with Crippen molar-refractivity contribution < 1.29 is 13.7 Å². The Morgan fingerprint density at radius 1 is 1.67 bits per heavy atom. The molecule has 1 heterocycles. The van der Waals surface area contributed by atoms with Gasteiger partial charge in [-0.15, -0.1) is 0 Å². The first-order valence-corrected chi connectivity index (χ1v) is 5.34. The predicted molar refractivity (Wildman–Crippen MR) is 46.0 cm³/mol. The van der Waals surface area contributed by atoms with Gasteiger partial charge in [-0.2, -0.15) is 0 Å². The number of hydrogen-bond acceptors (Lipinski definition) is 4. The molecule has 1 aliphatic rings. The Bertz CT molecular complexity index is 209. The Morgan fingerprint density at radius 2 is 2.25 bits per heavy atom. The lowest BCUT2D eigenvalue weighted by atomic mass is 10.0. The lowest BCUT2D eigenvalue weighted by Gasteiger charge is -2.35. The van der Waals surface area contributed by atoms with Crippen LogP contribution in [0.15, 0.2) is 0 Å². The summed E-state index contributed by atoms with van der Waals surface area (Å²) in [5, 5.41) is 0. The van der Waals surface area contributed by atoms with Crippen LogP contribution in [0.2, 0.25) is 0 Å². The normalized spacial score (nSPS) is 34.0. The average Bonchev–Trinajstić information content (AvgIpc) is 1.83. The van der Waals surface area contributed by atoms with Crippen molar-refractivity contribution in [1.29, 1.82) is 0 Å². The number of rotatable bonds is 3. The van der Waals surface area contributed by atoms with Crippen LogP contribution in [0, 0.1) is 0 Å². The van der Waals surface area contributed by atoms with Crippen molar-refractivity contribution in [2.45, 2.75) is 18.9 Å². The zero-order valence-electron chi connectivity index (χ0n) is 7.04. The summed E-state index contributed by atoms with van der Waals surface area (Å²) in [6, 6.07) is 0. The van der Waals surface area contributed by atoms with Gasteiger partial charge in [0.1, 0.15) is 0 Å². The van der Waals surface area contributed by atoms with Crippen LogP contribution in [0.1, 0.15) is 13.3 Å². The lowest BCUT2D eigenvalue weighted by Crippen LogP contribution is -2.60. The van der Waals surface area contributed by atoms with Crippen molar-refractivity contribution in [3.63, 3.8) is 0 Å². The number of hydrogen-bond donors (Lipinski definition) is 1. The SMILES string of the molecule is CCOC(=O)CC1(N)CS(=O)C1. The Balaban J connectivity index is 2.31. The molecule has 70 valence electrons. The maximum Gasteiger partial charge on any atom is 0.307 e. The monoisotopic (exact) mass is 191 g/mol. The third-order valence-corrected chi connectivity index (χ3v) is 3.49. The van der Waals surface area contributed by atoms with E-state index in [9.17, 15) is 9.00 Å². The van der Waals surface area contributed by atoms with Gasteiger partial charge in [0.2, 0.25) is 0 Å². The highest BCUT2D eigenvalue weighted by atomic mass is 32.2. The molecule has 1 saturated heterocycles. The van der Waals surface area contributed by atoms with Crippen molar-refractivity contribution in [2.75, 3.05) is 18.1 Å². The topological polar surface area (TPSA) is 69.4 Å². The fourth-order valence-corrected chi connectivity index (χ4v) is 2.60. The van der Waals surface area contributed by atoms with Crippen LogP contribution in [-0.2, 0) is 20.3 Å². The molecule has 0 atom stereocenters. The molecule has 0 radical (unpaired) electrons. The molecule has 0 aromatic heterocycles. The maximum atomic E-state index is 11.0. The molecule has 1 aliphatic heterocycles. The van der Waals surface area contributed by atoms with Gasteiger partial charge in [-0.05, 0) is 6.92 Å². The van der Waals surface area contributed by atoms with Gasteiger partial charge < -0.3 is 10.5 Å². The van der Waals surface area contributed by atoms with E-state index in [2.05, 4.69) is 0 Å². The molecule has 2 N–H and O–H groups in total. The summed E-state index contributed by atoms with van der Waals surface area (Å²) in [4.78, 5) is 11.0. The molecule has 0 bridgehead atoms. The number of nitrogens with two attached hydrogens (primary N) is 1. The number of carbonyl (C=O) groups is 1. The van der Waals surface area contributed by atoms with Gasteiger partial charge in [0.25, 0.3) is 0 Å². The van der Waals surface area contributed by atoms with Crippen molar-refractivity contribution in [1.82, 2.24) is 0 Å². The van der Waals surface area contributed by atoms with Crippen LogP contribution in [0.25, 0.3) is 0 Å². The van der Waals surface area contributed by atoms with Crippen LogP contribution < -0.4 is 5.73 Å². The summed E-state index contributed by atoms with van der Waals surface area (Å²) in [5.41, 5.74) is 5.17. The lowest BCUT2D eigenvalue weighted by molar-refractivity contribution is -0.144. The van der Waals surface area contributed by atoms with Crippen molar-refractivity contribution in [3.05, 3.63) is 0 Å². The van der Waals surface area contributed by atoms with Crippen LogP contribution in [0.4, 0.5) is 0 Å². The van der Waals surface area contributed by atoms with Gasteiger partial charge >= 0.3 is 5.97 Å². The first-order valence-electron chi connectivity index (χ1n) is 3.85. The highest BCUT2D eigenvalue weighted by Crippen LogP contribution is 2.21. The molecule has 0 aliphatic carbocycles. The van der Waals surface area contributed by atoms with Crippen molar-refractivity contribution in [2.24, 2.45) is 5.73 Å². The average molecular weight is 191 g/mol. The number of ether oxygens (including phenoxy) is 1. The van der Waals surface area contributed by atoms with Gasteiger partial charge in [0.15, 0.2) is 0 Å². The molecule has 0 aromatic carbocycles. The largest absolute Gasteiger partial charge is 0.466 e. The summed E-state index contributed by atoms with van der Waals surface area (Å²) in [6.07, 6.45) is 0.187. The second-order valence-corrected chi connectivity index (χ2v) is 4.53. The van der Waals surface area contributed by atoms with E-state index in [1.54, 1.807) is 6.92 Å². The van der Waals surface area contributed by atoms with Gasteiger partial charge in [-0.3, -0.25) is 9.00 Å². The van der Waals surface area contributed by atoms with Crippen LogP contribution in [0.5, 0.6) is 0 Å². The molecule has 0 spiro atoms. The molecule has 0 amide bonds. The van der Waals surface area contributed by atoms with Gasteiger partial charge in [-0.1, -0.05) is 0 Å². The van der Waals surface area contributed by atoms with Gasteiger partial charge in [0, 0.05) is 27.8 Å². The smallest absolute Gasteiger partial charge is 0.307 e. The quantitative estimate of drug-likeness (QED) is 0.605. The zero-order chi connectivity index (χ0) is 9.19. The molecular weight excluding hydrogens is 178 g/mol. The molecule has 0 unspecified atom stereocenters. The minimum absolute atomic E-state index is 0.187. The summed E-state index contributed by atoms with van der Waals surface area (Å²) in [6.45, 7) is 2.12. The second-order valence-electron chi connectivity index (χ2n) is 3.07. The summed E-state index contributed by atoms with van der Waals surface area (Å²) in [7, 11) is -0.815. The zero-order valence-corrected chi connectivity index (χ0v) is 7.86. The summed E-state index contributed by atoms with van der Waals surface area (Å²) < 4.78 is 15.5. The predicted octanol–water partition coefficient (Wildman–Crippen LogP) is -0.601. The molecule has 1 fully saturated rings. The summed E-state index contributed by atoms with van der Waals surface area (Å²) in [5.74, 6) is 0.550. The van der Waals surface area contributed by atoms with E-state index in [1.807, 2.05) is 0 Å². The Hall–Kier alpha value is -0.420. The summed E-state index contributed by atoms with van der Waals surface area (Å²) >= 11 is 0. The minimum atomic E-state index is -0.815. The third kappa shape index (κ3) is 2.28. The van der Waals surface area contributed by atoms with E-state index < -0.39 is 16.3 Å². The Kier molecular flexibility index (Phi) is 2.85. The van der Waals surface area contributed by atoms with Gasteiger partial charge in [0.05, 0.1) is 13.0 Å². The Morgan fingerprint density at radius 3 is 2.67 bits per heavy atom. The number of esters is 1. The Labute approximate surface area is 73.9 Å². The van der Waals surface area contributed by atoms with Crippen LogP contribution in [-0.4, -0.2) is 33.8 Å².